The van der Waals surface area contributed by atoms with Crippen molar-refractivity contribution >= 4 is 17.6 Å². The van der Waals surface area contributed by atoms with Crippen molar-refractivity contribution in [1.29, 1.82) is 0 Å². The third kappa shape index (κ3) is 4.78. The number of ketones is 1. The first-order chi connectivity index (χ1) is 15.6. The molecule has 1 heterocycles. The first-order valence-electron chi connectivity index (χ1n) is 10.9. The highest BCUT2D eigenvalue weighted by Gasteiger charge is 2.34. The van der Waals surface area contributed by atoms with Crippen LogP contribution < -0.4 is 4.74 Å². The summed E-state index contributed by atoms with van der Waals surface area (Å²) in [6, 6.07) is 23.4. The number of ether oxygens (including phenoxy) is 1. The van der Waals surface area contributed by atoms with Gasteiger partial charge in [0.2, 0.25) is 0 Å². The summed E-state index contributed by atoms with van der Waals surface area (Å²) < 4.78 is 5.77. The SMILES string of the molecule is O=C(c1ccccc1)c1ccc(OCCCCCCN2C(=O)c3ccccc3C2=O)cc1. The number of hydrogen-bond acceptors (Lipinski definition) is 4. The number of rotatable bonds is 10. The van der Waals surface area contributed by atoms with E-state index in [1.54, 1.807) is 48.5 Å². The van der Waals surface area contributed by atoms with Gasteiger partial charge in [-0.15, -0.1) is 0 Å². The molecule has 0 aromatic heterocycles. The average molecular weight is 428 g/mol. The number of carbonyl (C=O) groups excluding carboxylic acids is 3. The van der Waals surface area contributed by atoms with Gasteiger partial charge in [0, 0.05) is 17.7 Å². The molecule has 0 saturated carbocycles. The molecule has 0 radical (unpaired) electrons. The van der Waals surface area contributed by atoms with Crippen molar-refractivity contribution in [2.75, 3.05) is 13.2 Å². The second-order valence-electron chi connectivity index (χ2n) is 7.79. The van der Waals surface area contributed by atoms with E-state index < -0.39 is 0 Å². The van der Waals surface area contributed by atoms with Gasteiger partial charge in [-0.1, -0.05) is 55.3 Å². The lowest BCUT2D eigenvalue weighted by Crippen LogP contribution is -2.30. The predicted octanol–water partition coefficient (Wildman–Crippen LogP) is 5.15. The molecule has 3 aromatic rings. The van der Waals surface area contributed by atoms with Gasteiger partial charge in [0.1, 0.15) is 5.75 Å². The summed E-state index contributed by atoms with van der Waals surface area (Å²) in [7, 11) is 0. The van der Waals surface area contributed by atoms with E-state index in [4.69, 9.17) is 4.74 Å². The Bertz CT molecular complexity index is 1070. The maximum atomic E-state index is 12.4. The van der Waals surface area contributed by atoms with Crippen LogP contribution in [-0.4, -0.2) is 35.6 Å². The van der Waals surface area contributed by atoms with Crippen LogP contribution in [0.2, 0.25) is 0 Å². The molecule has 0 atom stereocenters. The highest BCUT2D eigenvalue weighted by Crippen LogP contribution is 2.23. The van der Waals surface area contributed by atoms with Crippen LogP contribution in [0.4, 0.5) is 0 Å². The number of nitrogens with zero attached hydrogens (tertiary/aromatic N) is 1. The molecular weight excluding hydrogens is 402 g/mol. The molecular formula is C27H25NO4. The highest BCUT2D eigenvalue weighted by molar-refractivity contribution is 6.21. The minimum Gasteiger partial charge on any atom is -0.494 e. The first-order valence-corrected chi connectivity index (χ1v) is 10.9. The van der Waals surface area contributed by atoms with Gasteiger partial charge in [-0.3, -0.25) is 19.3 Å². The van der Waals surface area contributed by atoms with Crippen molar-refractivity contribution in [2.45, 2.75) is 25.7 Å². The zero-order chi connectivity index (χ0) is 22.3. The molecule has 0 unspecified atom stereocenters. The summed E-state index contributed by atoms with van der Waals surface area (Å²) in [5, 5.41) is 0. The molecule has 5 heteroatoms. The number of benzene rings is 3. The molecule has 0 saturated heterocycles. The zero-order valence-corrected chi connectivity index (χ0v) is 17.8. The maximum absolute atomic E-state index is 12.4. The van der Waals surface area contributed by atoms with E-state index in [1.165, 1.54) is 4.90 Å². The lowest BCUT2D eigenvalue weighted by atomic mass is 10.0. The largest absolute Gasteiger partial charge is 0.494 e. The van der Waals surface area contributed by atoms with Crippen LogP contribution >= 0.6 is 0 Å². The fourth-order valence-corrected chi connectivity index (χ4v) is 3.82. The van der Waals surface area contributed by atoms with Crippen molar-refractivity contribution < 1.29 is 19.1 Å². The van der Waals surface area contributed by atoms with Crippen LogP contribution in [0.3, 0.4) is 0 Å². The van der Waals surface area contributed by atoms with E-state index in [0.717, 1.165) is 31.4 Å². The van der Waals surface area contributed by atoms with Crippen molar-refractivity contribution in [3.63, 3.8) is 0 Å². The average Bonchev–Trinajstić information content (AvgIpc) is 3.09. The Labute approximate surface area is 187 Å². The maximum Gasteiger partial charge on any atom is 0.261 e. The van der Waals surface area contributed by atoms with Crippen LogP contribution in [0.25, 0.3) is 0 Å². The number of carbonyl (C=O) groups is 3. The lowest BCUT2D eigenvalue weighted by molar-refractivity contribution is 0.0651. The molecule has 2 amide bonds. The third-order valence-corrected chi connectivity index (χ3v) is 5.58. The standard InChI is InChI=1S/C27H25NO4/c29-25(20-10-4-3-5-11-20)21-14-16-22(17-15-21)32-19-9-2-1-8-18-28-26(30)23-12-6-7-13-24(23)27(28)31/h3-7,10-17H,1-2,8-9,18-19H2. The Morgan fingerprint density at radius 2 is 1.22 bits per heavy atom. The number of hydrogen-bond donors (Lipinski definition) is 0. The monoisotopic (exact) mass is 427 g/mol. The van der Waals surface area contributed by atoms with Crippen molar-refractivity contribution in [1.82, 2.24) is 4.90 Å². The van der Waals surface area contributed by atoms with Crippen molar-refractivity contribution in [3.05, 3.63) is 101 Å². The molecule has 0 aliphatic carbocycles. The molecule has 3 aromatic carbocycles. The summed E-state index contributed by atoms with van der Waals surface area (Å²) in [5.74, 6) is 0.349. The summed E-state index contributed by atoms with van der Waals surface area (Å²) in [4.78, 5) is 38.5. The smallest absolute Gasteiger partial charge is 0.261 e. The van der Waals surface area contributed by atoms with E-state index in [-0.39, 0.29) is 17.6 Å². The van der Waals surface area contributed by atoms with E-state index in [0.29, 0.717) is 35.4 Å². The minimum absolute atomic E-state index is 0.00443. The Kier molecular flexibility index (Phi) is 6.75. The summed E-state index contributed by atoms with van der Waals surface area (Å²) in [6.45, 7) is 1.03. The highest BCUT2D eigenvalue weighted by atomic mass is 16.5. The van der Waals surface area contributed by atoms with Gasteiger partial charge in [-0.25, -0.2) is 0 Å². The van der Waals surface area contributed by atoms with Gasteiger partial charge < -0.3 is 4.74 Å². The summed E-state index contributed by atoms with van der Waals surface area (Å²) in [6.07, 6.45) is 3.53. The molecule has 162 valence electrons. The minimum atomic E-state index is -0.192. The van der Waals surface area contributed by atoms with Crippen molar-refractivity contribution in [2.24, 2.45) is 0 Å². The van der Waals surface area contributed by atoms with E-state index >= 15 is 0 Å². The van der Waals surface area contributed by atoms with E-state index in [9.17, 15) is 14.4 Å². The number of unbranched alkanes of at least 4 members (excludes halogenated alkanes) is 3. The van der Waals surface area contributed by atoms with Gasteiger partial charge in [0.25, 0.3) is 11.8 Å². The molecule has 5 nitrogen and oxygen atoms in total. The van der Waals surface area contributed by atoms with Gasteiger partial charge in [-0.2, -0.15) is 0 Å². The molecule has 4 rings (SSSR count). The predicted molar refractivity (Wildman–Crippen MR) is 122 cm³/mol. The van der Waals surface area contributed by atoms with Crippen LogP contribution in [0.5, 0.6) is 5.75 Å². The number of amides is 2. The summed E-state index contributed by atoms with van der Waals surface area (Å²) >= 11 is 0. The van der Waals surface area contributed by atoms with Gasteiger partial charge >= 0.3 is 0 Å². The third-order valence-electron chi connectivity index (χ3n) is 5.58. The molecule has 0 N–H and O–H groups in total. The second-order valence-corrected chi connectivity index (χ2v) is 7.79. The molecule has 0 spiro atoms. The van der Waals surface area contributed by atoms with Crippen LogP contribution in [0, 0.1) is 0 Å². The van der Waals surface area contributed by atoms with Gasteiger partial charge in [-0.05, 0) is 49.2 Å². The zero-order valence-electron chi connectivity index (χ0n) is 17.8. The number of imide groups is 1. The van der Waals surface area contributed by atoms with Crippen LogP contribution in [0.15, 0.2) is 78.9 Å². The first kappa shape index (κ1) is 21.5. The van der Waals surface area contributed by atoms with Crippen LogP contribution in [0.1, 0.15) is 62.3 Å². The Morgan fingerprint density at radius 3 is 1.88 bits per heavy atom. The Balaban J connectivity index is 1.14. The van der Waals surface area contributed by atoms with E-state index in [2.05, 4.69) is 0 Å². The topological polar surface area (TPSA) is 63.7 Å². The fourth-order valence-electron chi connectivity index (χ4n) is 3.82. The quantitative estimate of drug-likeness (QED) is 0.255. The number of fused-ring (bicyclic) bond motifs is 1. The second kappa shape index (κ2) is 10.1. The molecule has 1 aliphatic heterocycles. The summed E-state index contributed by atoms with van der Waals surface area (Å²) in [5.41, 5.74) is 2.31. The molecule has 32 heavy (non-hydrogen) atoms. The van der Waals surface area contributed by atoms with E-state index in [1.807, 2.05) is 30.3 Å². The fraction of sp³-hybridized carbons (Fsp3) is 0.222. The van der Waals surface area contributed by atoms with Gasteiger partial charge in [0.05, 0.1) is 17.7 Å². The Hall–Kier alpha value is -3.73. The van der Waals surface area contributed by atoms with Crippen molar-refractivity contribution in [3.8, 4) is 5.75 Å². The van der Waals surface area contributed by atoms with Gasteiger partial charge in [0.15, 0.2) is 5.78 Å². The van der Waals surface area contributed by atoms with Crippen LogP contribution in [-0.2, 0) is 0 Å². The Morgan fingerprint density at radius 1 is 0.656 bits per heavy atom. The molecule has 1 aliphatic rings. The molecule has 0 bridgehead atoms. The molecule has 0 fully saturated rings. The lowest BCUT2D eigenvalue weighted by Gasteiger charge is -2.13. The normalized spacial score (nSPS) is 12.7.